The largest absolute Gasteiger partial charge is 0.392 e. The minimum atomic E-state index is -0.720. The second-order valence-corrected chi connectivity index (χ2v) is 6.33. The van der Waals surface area contributed by atoms with Crippen LogP contribution in [0.1, 0.15) is 56.4 Å². The molecule has 0 spiro atoms. The summed E-state index contributed by atoms with van der Waals surface area (Å²) in [5, 5.41) is 0. The van der Waals surface area contributed by atoms with Crippen LogP contribution in [0.3, 0.4) is 0 Å². The Morgan fingerprint density at radius 3 is 2.68 bits per heavy atom. The van der Waals surface area contributed by atoms with Gasteiger partial charge in [0, 0.05) is 12.6 Å². The molecule has 7 nitrogen and oxygen atoms in total. The highest BCUT2D eigenvalue weighted by Gasteiger charge is 2.29. The molecule has 1 aromatic heterocycles. The highest BCUT2D eigenvalue weighted by atomic mass is 16.2. The van der Waals surface area contributed by atoms with E-state index in [-0.39, 0.29) is 23.3 Å². The SMILES string of the molecule is CC(C)C[C@@H]1CCCCCN1C(=O)c1[nH]c(=O)[nH]c(=O)c1N. The topological polar surface area (TPSA) is 112 Å². The lowest BCUT2D eigenvalue weighted by Gasteiger charge is -2.31. The van der Waals surface area contributed by atoms with Gasteiger partial charge < -0.3 is 15.6 Å². The van der Waals surface area contributed by atoms with Crippen LogP contribution in [0.25, 0.3) is 0 Å². The Hall–Kier alpha value is -2.05. The van der Waals surface area contributed by atoms with Gasteiger partial charge in [-0.3, -0.25) is 14.6 Å². The summed E-state index contributed by atoms with van der Waals surface area (Å²) in [5.74, 6) is 0.113. The standard InChI is InChI=1S/C15H24N4O3/c1-9(2)8-10-6-4-3-5-7-19(10)14(21)12-11(16)13(20)18-15(22)17-12/h9-10H,3-8,16H2,1-2H3,(H2,17,18,20,22)/t10-/m0/s1. The molecule has 1 aliphatic rings. The van der Waals surface area contributed by atoms with Crippen molar-refractivity contribution in [1.29, 1.82) is 0 Å². The van der Waals surface area contributed by atoms with Crippen LogP contribution < -0.4 is 17.0 Å². The summed E-state index contributed by atoms with van der Waals surface area (Å²) in [4.78, 5) is 42.0. The Morgan fingerprint density at radius 1 is 1.27 bits per heavy atom. The van der Waals surface area contributed by atoms with Crippen molar-refractivity contribution >= 4 is 11.6 Å². The lowest BCUT2D eigenvalue weighted by Crippen LogP contribution is -2.43. The van der Waals surface area contributed by atoms with E-state index >= 15 is 0 Å². The number of aromatic nitrogens is 2. The summed E-state index contributed by atoms with van der Waals surface area (Å²) in [6.07, 6.45) is 4.94. The molecule has 1 saturated heterocycles. The molecule has 2 rings (SSSR count). The van der Waals surface area contributed by atoms with Crippen molar-refractivity contribution in [3.63, 3.8) is 0 Å². The number of carbonyl (C=O) groups is 1. The number of hydrogen-bond donors (Lipinski definition) is 3. The van der Waals surface area contributed by atoms with Crippen molar-refractivity contribution in [1.82, 2.24) is 14.9 Å². The average molecular weight is 308 g/mol. The van der Waals surface area contributed by atoms with Gasteiger partial charge in [0.25, 0.3) is 11.5 Å². The van der Waals surface area contributed by atoms with E-state index in [1.54, 1.807) is 4.90 Å². The molecule has 4 N–H and O–H groups in total. The molecular formula is C15H24N4O3. The molecule has 7 heteroatoms. The number of carbonyl (C=O) groups excluding carboxylic acids is 1. The fourth-order valence-electron chi connectivity index (χ4n) is 3.04. The summed E-state index contributed by atoms with van der Waals surface area (Å²) in [5.41, 5.74) is 3.93. The van der Waals surface area contributed by atoms with Crippen LogP contribution in [-0.2, 0) is 0 Å². The Balaban J connectivity index is 2.36. The highest BCUT2D eigenvalue weighted by molar-refractivity contribution is 5.97. The van der Waals surface area contributed by atoms with Crippen LogP contribution >= 0.6 is 0 Å². The average Bonchev–Trinajstić information content (AvgIpc) is 2.67. The van der Waals surface area contributed by atoms with Crippen LogP contribution in [-0.4, -0.2) is 33.4 Å². The minimum Gasteiger partial charge on any atom is -0.392 e. The number of nitrogen functional groups attached to an aromatic ring is 1. The number of nitrogens with one attached hydrogen (secondary N) is 2. The van der Waals surface area contributed by atoms with Gasteiger partial charge in [0.05, 0.1) is 0 Å². The summed E-state index contributed by atoms with van der Waals surface area (Å²) < 4.78 is 0. The normalized spacial score (nSPS) is 19.2. The summed E-state index contributed by atoms with van der Waals surface area (Å²) in [7, 11) is 0. The van der Waals surface area contributed by atoms with Gasteiger partial charge in [-0.25, -0.2) is 4.79 Å². The quantitative estimate of drug-likeness (QED) is 0.775. The van der Waals surface area contributed by atoms with E-state index in [1.165, 1.54) is 0 Å². The Labute approximate surface area is 128 Å². The molecule has 1 amide bonds. The number of H-pyrrole nitrogens is 2. The molecule has 0 bridgehead atoms. The maximum Gasteiger partial charge on any atom is 0.326 e. The molecule has 2 heterocycles. The molecule has 0 saturated carbocycles. The van der Waals surface area contributed by atoms with Gasteiger partial charge in [-0.1, -0.05) is 26.7 Å². The van der Waals surface area contributed by atoms with Gasteiger partial charge in [0.2, 0.25) is 0 Å². The lowest BCUT2D eigenvalue weighted by molar-refractivity contribution is 0.0655. The van der Waals surface area contributed by atoms with E-state index in [4.69, 9.17) is 5.73 Å². The number of hydrogen-bond acceptors (Lipinski definition) is 4. The van der Waals surface area contributed by atoms with Gasteiger partial charge in [0.15, 0.2) is 0 Å². The van der Waals surface area contributed by atoms with Crippen molar-refractivity contribution in [2.24, 2.45) is 5.92 Å². The number of aromatic amines is 2. The predicted octanol–water partition coefficient (Wildman–Crippen LogP) is 1.08. The molecule has 1 fully saturated rings. The molecular weight excluding hydrogens is 284 g/mol. The van der Waals surface area contributed by atoms with Gasteiger partial charge in [-0.05, 0) is 25.2 Å². The van der Waals surface area contributed by atoms with Gasteiger partial charge >= 0.3 is 5.69 Å². The minimum absolute atomic E-state index is 0.0931. The van der Waals surface area contributed by atoms with Crippen LogP contribution in [0.2, 0.25) is 0 Å². The Bertz CT molecular complexity index is 647. The zero-order valence-electron chi connectivity index (χ0n) is 13.1. The maximum atomic E-state index is 12.8. The van der Waals surface area contributed by atoms with Crippen molar-refractivity contribution in [2.75, 3.05) is 12.3 Å². The first-order chi connectivity index (χ1) is 10.4. The van der Waals surface area contributed by atoms with E-state index in [1.807, 2.05) is 4.98 Å². The zero-order valence-corrected chi connectivity index (χ0v) is 13.1. The molecule has 1 aliphatic heterocycles. The highest BCUT2D eigenvalue weighted by Crippen LogP contribution is 2.24. The number of likely N-dealkylation sites (tertiary alicyclic amines) is 1. The summed E-state index contributed by atoms with van der Waals surface area (Å²) in [6.45, 7) is 4.87. The Kier molecular flexibility index (Phi) is 5.05. The predicted molar refractivity (Wildman–Crippen MR) is 84.8 cm³/mol. The second kappa shape index (κ2) is 6.81. The molecule has 0 unspecified atom stereocenters. The summed E-state index contributed by atoms with van der Waals surface area (Å²) in [6, 6.07) is 0.122. The van der Waals surface area contributed by atoms with Crippen molar-refractivity contribution in [3.8, 4) is 0 Å². The lowest BCUT2D eigenvalue weighted by atomic mass is 9.98. The number of anilines is 1. The molecule has 0 aliphatic carbocycles. The fraction of sp³-hybridized carbons (Fsp3) is 0.667. The maximum absolute atomic E-state index is 12.8. The van der Waals surface area contributed by atoms with E-state index in [0.717, 1.165) is 32.1 Å². The molecule has 0 radical (unpaired) electrons. The molecule has 122 valence electrons. The number of rotatable bonds is 3. The third-order valence-electron chi connectivity index (χ3n) is 4.07. The third kappa shape index (κ3) is 3.58. The van der Waals surface area contributed by atoms with Crippen LogP contribution in [0.4, 0.5) is 5.69 Å². The van der Waals surface area contributed by atoms with Crippen molar-refractivity contribution in [2.45, 2.75) is 52.0 Å². The van der Waals surface area contributed by atoms with Crippen molar-refractivity contribution < 1.29 is 4.79 Å². The molecule has 0 aromatic carbocycles. The first-order valence-electron chi connectivity index (χ1n) is 7.83. The summed E-state index contributed by atoms with van der Waals surface area (Å²) >= 11 is 0. The third-order valence-corrected chi connectivity index (χ3v) is 4.07. The van der Waals surface area contributed by atoms with Crippen molar-refractivity contribution in [3.05, 3.63) is 26.5 Å². The van der Waals surface area contributed by atoms with E-state index in [2.05, 4.69) is 18.8 Å². The van der Waals surface area contributed by atoms with Gasteiger partial charge in [-0.2, -0.15) is 0 Å². The fourth-order valence-corrected chi connectivity index (χ4v) is 3.04. The van der Waals surface area contributed by atoms with Gasteiger partial charge in [0.1, 0.15) is 11.4 Å². The molecule has 1 atom stereocenters. The number of amides is 1. The first kappa shape index (κ1) is 16.3. The van der Waals surface area contributed by atoms with Crippen LogP contribution in [0.5, 0.6) is 0 Å². The Morgan fingerprint density at radius 2 is 2.00 bits per heavy atom. The number of nitrogens with two attached hydrogens (primary N) is 1. The van der Waals surface area contributed by atoms with E-state index < -0.39 is 11.2 Å². The smallest absolute Gasteiger partial charge is 0.326 e. The van der Waals surface area contributed by atoms with E-state index in [0.29, 0.717) is 12.5 Å². The second-order valence-electron chi connectivity index (χ2n) is 6.33. The first-order valence-corrected chi connectivity index (χ1v) is 7.83. The molecule has 22 heavy (non-hydrogen) atoms. The van der Waals surface area contributed by atoms with Gasteiger partial charge in [-0.15, -0.1) is 0 Å². The number of nitrogens with zero attached hydrogens (tertiary/aromatic N) is 1. The molecule has 1 aromatic rings. The van der Waals surface area contributed by atoms with Crippen LogP contribution in [0, 0.1) is 5.92 Å². The monoisotopic (exact) mass is 308 g/mol. The van der Waals surface area contributed by atoms with Crippen LogP contribution in [0.15, 0.2) is 9.59 Å². The zero-order chi connectivity index (χ0) is 16.3. The van der Waals surface area contributed by atoms with E-state index in [9.17, 15) is 14.4 Å².